The number of nitrogens with one attached hydrogen (secondary N) is 1. The first kappa shape index (κ1) is 15.4. The molecule has 25 heavy (non-hydrogen) atoms. The molecule has 7 nitrogen and oxygen atoms in total. The van der Waals surface area contributed by atoms with Crippen molar-refractivity contribution in [2.75, 3.05) is 25.0 Å². The topological polar surface area (TPSA) is 65.3 Å². The Hall–Kier alpha value is -3.14. The first-order valence-electron chi connectivity index (χ1n) is 8.33. The normalized spacial score (nSPS) is 14.4. The number of aromatic amines is 1. The van der Waals surface area contributed by atoms with Crippen LogP contribution < -0.4 is 4.90 Å². The van der Waals surface area contributed by atoms with Gasteiger partial charge in [0.25, 0.3) is 0 Å². The fraction of sp³-hybridized carbons (Fsp3) is 0.333. The van der Waals surface area contributed by atoms with Crippen LogP contribution in [-0.4, -0.2) is 51.1 Å². The Morgan fingerprint density at radius 1 is 1.36 bits per heavy atom. The van der Waals surface area contributed by atoms with Crippen LogP contribution in [0.2, 0.25) is 0 Å². The largest absolute Gasteiger partial charge is 0.365 e. The number of pyridine rings is 1. The van der Waals surface area contributed by atoms with Crippen molar-refractivity contribution < 1.29 is 0 Å². The van der Waals surface area contributed by atoms with Gasteiger partial charge in [0.05, 0.1) is 36.5 Å². The maximum Gasteiger partial charge on any atom is 0.138 e. The molecule has 1 fully saturated rings. The Labute approximate surface area is 146 Å². The van der Waals surface area contributed by atoms with Gasteiger partial charge in [-0.05, 0) is 12.5 Å². The van der Waals surface area contributed by atoms with E-state index in [0.717, 1.165) is 53.2 Å². The Morgan fingerprint density at radius 3 is 2.96 bits per heavy atom. The average molecular weight is 333 g/mol. The molecular weight excluding hydrogens is 314 g/mol. The summed E-state index contributed by atoms with van der Waals surface area (Å²) in [4.78, 5) is 22.4. The molecule has 0 atom stereocenters. The fourth-order valence-electron chi connectivity index (χ4n) is 3.07. The molecule has 0 saturated carbocycles. The molecule has 3 aromatic rings. The minimum atomic E-state index is 0.283. The molecule has 4 heterocycles. The van der Waals surface area contributed by atoms with Gasteiger partial charge in [-0.1, -0.05) is 6.92 Å². The molecule has 4 rings (SSSR count). The van der Waals surface area contributed by atoms with Gasteiger partial charge in [-0.15, -0.1) is 5.01 Å². The number of likely N-dealkylation sites (N-methyl/N-ethyl adjacent to an activating group) is 1. The fourth-order valence-corrected chi connectivity index (χ4v) is 3.07. The van der Waals surface area contributed by atoms with E-state index in [-0.39, 0.29) is 6.04 Å². The number of rotatable bonds is 4. The number of nitrogens with zero attached hydrogens (tertiary/aromatic N) is 6. The zero-order chi connectivity index (χ0) is 17.4. The second kappa shape index (κ2) is 6.06. The lowest BCUT2D eigenvalue weighted by Gasteiger charge is -2.40. The Bertz CT molecular complexity index is 949. The molecule has 0 unspecified atom stereocenters. The van der Waals surface area contributed by atoms with Crippen LogP contribution in [0.25, 0.3) is 27.2 Å². The van der Waals surface area contributed by atoms with E-state index in [1.165, 1.54) is 0 Å². The van der Waals surface area contributed by atoms with E-state index in [0.29, 0.717) is 0 Å². The van der Waals surface area contributed by atoms with Gasteiger partial charge in [-0.25, -0.2) is 9.97 Å². The molecule has 1 aliphatic heterocycles. The molecule has 0 bridgehead atoms. The van der Waals surface area contributed by atoms with Crippen molar-refractivity contribution in [2.45, 2.75) is 19.4 Å². The molecule has 1 N–H and O–H groups in total. The third kappa shape index (κ3) is 2.66. The van der Waals surface area contributed by atoms with E-state index < -0.39 is 0 Å². The van der Waals surface area contributed by atoms with E-state index in [1.807, 2.05) is 19.4 Å². The van der Waals surface area contributed by atoms with Crippen LogP contribution in [0.1, 0.15) is 12.6 Å². The monoisotopic (exact) mass is 333 g/mol. The minimum Gasteiger partial charge on any atom is -0.365 e. The second-order valence-electron chi connectivity index (χ2n) is 6.27. The van der Waals surface area contributed by atoms with Gasteiger partial charge in [-0.3, -0.25) is 4.98 Å². The quantitative estimate of drug-likeness (QED) is 0.587. The summed E-state index contributed by atoms with van der Waals surface area (Å²) in [5, 5.41) is 2.73. The summed E-state index contributed by atoms with van der Waals surface area (Å²) in [6.45, 7) is 10.9. The van der Waals surface area contributed by atoms with Crippen LogP contribution in [0.15, 0.2) is 30.9 Å². The highest BCUT2D eigenvalue weighted by molar-refractivity contribution is 5.94. The van der Waals surface area contributed by atoms with Crippen LogP contribution in [0.5, 0.6) is 0 Å². The van der Waals surface area contributed by atoms with E-state index in [9.17, 15) is 0 Å². The summed E-state index contributed by atoms with van der Waals surface area (Å²) in [5.41, 5.74) is 4.77. The first-order valence-corrected chi connectivity index (χ1v) is 8.33. The van der Waals surface area contributed by atoms with Gasteiger partial charge in [0.2, 0.25) is 0 Å². The number of aryl methyl sites for hydroxylation is 1. The summed E-state index contributed by atoms with van der Waals surface area (Å²) in [5.74, 6) is 0. The third-order valence-corrected chi connectivity index (χ3v) is 4.75. The maximum atomic E-state index is 7.09. The molecule has 7 heteroatoms. The van der Waals surface area contributed by atoms with E-state index >= 15 is 0 Å². The highest BCUT2D eigenvalue weighted by atomic mass is 15.5. The Kier molecular flexibility index (Phi) is 3.73. The SMILES string of the molecule is [C-]#[N+]N(C)C1CN(c2cnc3[nH]cc(-c4cncc(CC)n4)c3c2)C1. The predicted octanol–water partition coefficient (Wildman–Crippen LogP) is 2.54. The molecule has 126 valence electrons. The molecule has 0 radical (unpaired) electrons. The van der Waals surface area contributed by atoms with Crippen molar-refractivity contribution in [3.8, 4) is 11.3 Å². The van der Waals surface area contributed by atoms with Crippen LogP contribution in [-0.2, 0) is 6.42 Å². The molecule has 1 aliphatic rings. The lowest BCUT2D eigenvalue weighted by molar-refractivity contribution is 0.272. The van der Waals surface area contributed by atoms with Crippen molar-refractivity contribution in [1.29, 1.82) is 0 Å². The number of hydrogen-bond acceptors (Lipinski definition) is 5. The average Bonchev–Trinajstić information content (AvgIpc) is 3.03. The number of H-pyrrole nitrogens is 1. The van der Waals surface area contributed by atoms with Crippen molar-refractivity contribution >= 4 is 16.7 Å². The van der Waals surface area contributed by atoms with Gasteiger partial charge >= 0.3 is 0 Å². The zero-order valence-electron chi connectivity index (χ0n) is 14.3. The standard InChI is InChI=1S/C18H19N7/c1-4-12-6-20-9-17(23-12)16-8-22-18-15(16)5-13(7-21-18)25-10-14(11-25)24(3)19-2/h5-9,14H,4,10-11H2,1,3H3,(H,21,22). The van der Waals surface area contributed by atoms with E-state index in [1.54, 1.807) is 17.4 Å². The lowest BCUT2D eigenvalue weighted by atomic mass is 10.1. The molecule has 3 aromatic heterocycles. The van der Waals surface area contributed by atoms with Crippen molar-refractivity contribution in [3.63, 3.8) is 0 Å². The molecule has 0 aliphatic carbocycles. The highest BCUT2D eigenvalue weighted by Gasteiger charge is 2.33. The van der Waals surface area contributed by atoms with Crippen molar-refractivity contribution in [3.05, 3.63) is 48.1 Å². The highest BCUT2D eigenvalue weighted by Crippen LogP contribution is 2.31. The molecule has 0 amide bonds. The van der Waals surface area contributed by atoms with Crippen LogP contribution >= 0.6 is 0 Å². The van der Waals surface area contributed by atoms with E-state index in [2.05, 4.69) is 42.8 Å². The summed E-state index contributed by atoms with van der Waals surface area (Å²) < 4.78 is 0. The Morgan fingerprint density at radius 2 is 2.20 bits per heavy atom. The van der Waals surface area contributed by atoms with Gasteiger partial charge in [0, 0.05) is 36.4 Å². The molecule has 0 spiro atoms. The van der Waals surface area contributed by atoms with E-state index in [4.69, 9.17) is 6.57 Å². The van der Waals surface area contributed by atoms with Gasteiger partial charge in [0.15, 0.2) is 0 Å². The number of aromatic nitrogens is 4. The van der Waals surface area contributed by atoms with Crippen LogP contribution in [0.4, 0.5) is 5.69 Å². The summed E-state index contributed by atoms with van der Waals surface area (Å²) >= 11 is 0. The van der Waals surface area contributed by atoms with Gasteiger partial charge in [-0.2, -0.15) is 11.5 Å². The smallest absolute Gasteiger partial charge is 0.138 e. The lowest BCUT2D eigenvalue weighted by Crippen LogP contribution is -2.56. The second-order valence-corrected chi connectivity index (χ2v) is 6.27. The van der Waals surface area contributed by atoms with Crippen LogP contribution in [0, 0.1) is 6.57 Å². The molecular formula is C18H19N7. The van der Waals surface area contributed by atoms with Crippen molar-refractivity contribution in [1.82, 2.24) is 24.9 Å². The number of anilines is 1. The summed E-state index contributed by atoms with van der Waals surface area (Å²) in [6, 6.07) is 2.42. The minimum absolute atomic E-state index is 0.283. The van der Waals surface area contributed by atoms with Crippen molar-refractivity contribution in [2.24, 2.45) is 0 Å². The third-order valence-electron chi connectivity index (χ3n) is 4.75. The predicted molar refractivity (Wildman–Crippen MR) is 96.9 cm³/mol. The van der Waals surface area contributed by atoms with Gasteiger partial charge < -0.3 is 9.88 Å². The summed E-state index contributed by atoms with van der Waals surface area (Å²) in [7, 11) is 1.83. The summed E-state index contributed by atoms with van der Waals surface area (Å²) in [6.07, 6.45) is 8.27. The molecule has 0 aromatic carbocycles. The van der Waals surface area contributed by atoms with Crippen LogP contribution in [0.3, 0.4) is 0 Å². The number of fused-ring (bicyclic) bond motifs is 1. The Balaban J connectivity index is 1.66. The first-order chi connectivity index (χ1) is 12.2. The number of hydrogen-bond donors (Lipinski definition) is 1. The zero-order valence-corrected chi connectivity index (χ0v) is 14.3. The van der Waals surface area contributed by atoms with Gasteiger partial charge in [0.1, 0.15) is 11.7 Å². The molecule has 1 saturated heterocycles. The maximum absolute atomic E-state index is 7.09.